The minimum absolute atomic E-state index is 0.0540. The molecule has 1 aliphatic heterocycles. The molecule has 1 fully saturated rings. The van der Waals surface area contributed by atoms with Gasteiger partial charge in [-0.2, -0.15) is 0 Å². The molecule has 1 saturated heterocycles. The number of Topliss-reactive ketones (excluding diaryl/α,β-unsaturated/α-hetero) is 1. The number of amides is 1. The summed E-state index contributed by atoms with van der Waals surface area (Å²) in [5, 5.41) is 10.6. The highest BCUT2D eigenvalue weighted by molar-refractivity contribution is 6.02. The van der Waals surface area contributed by atoms with Crippen LogP contribution in [-0.4, -0.2) is 46.2 Å². The van der Waals surface area contributed by atoms with E-state index in [9.17, 15) is 19.1 Å². The Balaban J connectivity index is 2.08. The first-order valence-electron chi connectivity index (χ1n) is 8.03. The number of aryl methyl sites for hydroxylation is 1. The number of nitrogens with zero attached hydrogens (tertiary/aromatic N) is 1. The maximum absolute atomic E-state index is 13.9. The predicted molar refractivity (Wildman–Crippen MR) is 87.5 cm³/mol. The van der Waals surface area contributed by atoms with Gasteiger partial charge in [0.25, 0.3) is 0 Å². The number of piperidine rings is 1. The van der Waals surface area contributed by atoms with E-state index in [0.717, 1.165) is 5.56 Å². The van der Waals surface area contributed by atoms with Crippen LogP contribution in [0.1, 0.15) is 49.5 Å². The van der Waals surface area contributed by atoms with Gasteiger partial charge in [0.1, 0.15) is 17.0 Å². The third-order valence-corrected chi connectivity index (χ3v) is 4.03. The average Bonchev–Trinajstić information content (AvgIpc) is 2.48. The largest absolute Gasteiger partial charge is 0.444 e. The second-order valence-corrected chi connectivity index (χ2v) is 7.31. The molecule has 6 heteroatoms. The molecule has 0 aromatic heterocycles. The first-order valence-corrected chi connectivity index (χ1v) is 8.03. The molecule has 1 amide bonds. The van der Waals surface area contributed by atoms with Crippen molar-refractivity contribution in [2.45, 2.75) is 51.7 Å². The number of rotatable bonds is 2. The van der Waals surface area contributed by atoms with Crippen LogP contribution in [0.25, 0.3) is 0 Å². The number of carbonyl (C=O) groups is 2. The van der Waals surface area contributed by atoms with Crippen LogP contribution in [0.2, 0.25) is 0 Å². The Morgan fingerprint density at radius 1 is 1.25 bits per heavy atom. The molecule has 1 aromatic carbocycles. The van der Waals surface area contributed by atoms with Gasteiger partial charge in [-0.15, -0.1) is 0 Å². The summed E-state index contributed by atoms with van der Waals surface area (Å²) in [6.45, 7) is 7.44. The Hall–Kier alpha value is -1.95. The molecule has 2 rings (SSSR count). The lowest BCUT2D eigenvalue weighted by atomic mass is 9.83. The molecule has 5 nitrogen and oxygen atoms in total. The fraction of sp³-hybridized carbons (Fsp3) is 0.556. The Labute approximate surface area is 141 Å². The molecule has 1 aromatic rings. The predicted octanol–water partition coefficient (Wildman–Crippen LogP) is 3.08. The zero-order valence-electron chi connectivity index (χ0n) is 14.6. The highest BCUT2D eigenvalue weighted by atomic mass is 19.1. The van der Waals surface area contributed by atoms with E-state index in [1.165, 1.54) is 17.0 Å². The van der Waals surface area contributed by atoms with E-state index in [2.05, 4.69) is 0 Å². The summed E-state index contributed by atoms with van der Waals surface area (Å²) in [4.78, 5) is 26.1. The Kier molecular flexibility index (Phi) is 4.99. The summed E-state index contributed by atoms with van der Waals surface area (Å²) in [7, 11) is 0. The van der Waals surface area contributed by atoms with Crippen LogP contribution >= 0.6 is 0 Å². The van der Waals surface area contributed by atoms with E-state index in [1.807, 2.05) is 0 Å². The maximum atomic E-state index is 13.9. The number of likely N-dealkylation sites (tertiary alicyclic amines) is 1. The molecule has 0 bridgehead atoms. The molecule has 0 unspecified atom stereocenters. The molecule has 1 heterocycles. The number of aliphatic hydroxyl groups is 1. The van der Waals surface area contributed by atoms with E-state index < -0.39 is 28.9 Å². The lowest BCUT2D eigenvalue weighted by Crippen LogP contribution is -2.51. The summed E-state index contributed by atoms with van der Waals surface area (Å²) in [5.41, 5.74) is -1.63. The lowest BCUT2D eigenvalue weighted by Gasteiger charge is -2.37. The van der Waals surface area contributed by atoms with Crippen molar-refractivity contribution in [2.75, 3.05) is 13.1 Å². The summed E-state index contributed by atoms with van der Waals surface area (Å²) in [6.07, 6.45) is -0.365. The van der Waals surface area contributed by atoms with Crippen LogP contribution in [-0.2, 0) is 4.74 Å². The molecule has 0 aliphatic carbocycles. The third-order valence-electron chi connectivity index (χ3n) is 4.03. The van der Waals surface area contributed by atoms with E-state index >= 15 is 0 Å². The van der Waals surface area contributed by atoms with Crippen LogP contribution in [0.5, 0.6) is 0 Å². The number of halogens is 1. The molecule has 1 aliphatic rings. The van der Waals surface area contributed by atoms with Gasteiger partial charge in [0, 0.05) is 25.9 Å². The van der Waals surface area contributed by atoms with Gasteiger partial charge < -0.3 is 14.7 Å². The van der Waals surface area contributed by atoms with Gasteiger partial charge >= 0.3 is 6.09 Å². The monoisotopic (exact) mass is 337 g/mol. The van der Waals surface area contributed by atoms with Crippen molar-refractivity contribution in [3.05, 3.63) is 35.1 Å². The van der Waals surface area contributed by atoms with Crippen molar-refractivity contribution in [1.29, 1.82) is 0 Å². The third kappa shape index (κ3) is 4.12. The quantitative estimate of drug-likeness (QED) is 0.842. The highest BCUT2D eigenvalue weighted by Gasteiger charge is 2.42. The summed E-state index contributed by atoms with van der Waals surface area (Å²) >= 11 is 0. The zero-order valence-corrected chi connectivity index (χ0v) is 14.6. The standard InChI is InChI=1S/C18H24FNO4/c1-12-5-6-14(19)13(11-12)15(21)18(23)7-9-20(10-8-18)16(22)24-17(2,3)4/h5-6,11,23H,7-10H2,1-4H3. The summed E-state index contributed by atoms with van der Waals surface area (Å²) in [6, 6.07) is 4.24. The summed E-state index contributed by atoms with van der Waals surface area (Å²) in [5.74, 6) is -1.28. The van der Waals surface area contributed by atoms with Crippen molar-refractivity contribution in [3.8, 4) is 0 Å². The van der Waals surface area contributed by atoms with E-state index in [1.54, 1.807) is 33.8 Å². The number of ether oxygens (including phenoxy) is 1. The van der Waals surface area contributed by atoms with Gasteiger partial charge in [-0.05, 0) is 39.8 Å². The fourth-order valence-corrected chi connectivity index (χ4v) is 2.68. The molecular weight excluding hydrogens is 313 g/mol. The van der Waals surface area contributed by atoms with Gasteiger partial charge in [0.2, 0.25) is 0 Å². The molecule has 0 saturated carbocycles. The Morgan fingerprint density at radius 2 is 1.83 bits per heavy atom. The number of carbonyl (C=O) groups excluding carboxylic acids is 2. The first kappa shape index (κ1) is 18.4. The van der Waals surface area contributed by atoms with Crippen LogP contribution in [0.4, 0.5) is 9.18 Å². The molecule has 0 spiro atoms. The van der Waals surface area contributed by atoms with E-state index in [-0.39, 0.29) is 31.5 Å². The van der Waals surface area contributed by atoms with Crippen molar-refractivity contribution in [1.82, 2.24) is 4.90 Å². The first-order chi connectivity index (χ1) is 11.0. The van der Waals surface area contributed by atoms with E-state index in [4.69, 9.17) is 4.74 Å². The number of hydrogen-bond donors (Lipinski definition) is 1. The molecule has 1 N–H and O–H groups in total. The minimum atomic E-state index is -1.66. The van der Waals surface area contributed by atoms with Crippen molar-refractivity contribution in [2.24, 2.45) is 0 Å². The second-order valence-electron chi connectivity index (χ2n) is 7.31. The van der Waals surface area contributed by atoms with Crippen LogP contribution in [0.3, 0.4) is 0 Å². The van der Waals surface area contributed by atoms with Crippen LogP contribution in [0, 0.1) is 12.7 Å². The van der Waals surface area contributed by atoms with Gasteiger partial charge in [-0.1, -0.05) is 11.6 Å². The Morgan fingerprint density at radius 3 is 2.38 bits per heavy atom. The molecular formula is C18H24FNO4. The smallest absolute Gasteiger partial charge is 0.410 e. The molecule has 24 heavy (non-hydrogen) atoms. The van der Waals surface area contributed by atoms with Gasteiger partial charge in [0.15, 0.2) is 5.78 Å². The topological polar surface area (TPSA) is 66.8 Å². The average molecular weight is 337 g/mol. The molecule has 0 atom stereocenters. The zero-order chi connectivity index (χ0) is 18.1. The van der Waals surface area contributed by atoms with Gasteiger partial charge in [-0.25, -0.2) is 9.18 Å². The number of hydrogen-bond acceptors (Lipinski definition) is 4. The SMILES string of the molecule is Cc1ccc(F)c(C(=O)C2(O)CCN(C(=O)OC(C)(C)C)CC2)c1. The van der Waals surface area contributed by atoms with Crippen molar-refractivity contribution >= 4 is 11.9 Å². The van der Waals surface area contributed by atoms with Crippen molar-refractivity contribution in [3.63, 3.8) is 0 Å². The van der Waals surface area contributed by atoms with Crippen LogP contribution < -0.4 is 0 Å². The highest BCUT2D eigenvalue weighted by Crippen LogP contribution is 2.28. The van der Waals surface area contributed by atoms with Gasteiger partial charge in [0.05, 0.1) is 5.56 Å². The lowest BCUT2D eigenvalue weighted by molar-refractivity contribution is -0.0201. The maximum Gasteiger partial charge on any atom is 0.410 e. The minimum Gasteiger partial charge on any atom is -0.444 e. The Bertz CT molecular complexity index is 643. The van der Waals surface area contributed by atoms with Gasteiger partial charge in [-0.3, -0.25) is 4.79 Å². The molecule has 132 valence electrons. The summed E-state index contributed by atoms with van der Waals surface area (Å²) < 4.78 is 19.2. The fourth-order valence-electron chi connectivity index (χ4n) is 2.68. The number of benzene rings is 1. The van der Waals surface area contributed by atoms with Crippen LogP contribution in [0.15, 0.2) is 18.2 Å². The van der Waals surface area contributed by atoms with E-state index in [0.29, 0.717) is 0 Å². The normalized spacial score (nSPS) is 17.5. The molecule has 0 radical (unpaired) electrons. The number of ketones is 1. The second kappa shape index (κ2) is 6.51. The van der Waals surface area contributed by atoms with Crippen molar-refractivity contribution < 1.29 is 23.8 Å².